The second-order valence-corrected chi connectivity index (χ2v) is 9.35. The third-order valence-electron chi connectivity index (χ3n) is 6.78. The topological polar surface area (TPSA) is 137 Å². The molecule has 1 saturated heterocycles. The van der Waals surface area contributed by atoms with Gasteiger partial charge in [0.2, 0.25) is 17.1 Å². The normalized spacial score (nSPS) is 20.6. The van der Waals surface area contributed by atoms with Crippen molar-refractivity contribution in [2.45, 2.75) is 37.8 Å². The van der Waals surface area contributed by atoms with Gasteiger partial charge in [-0.05, 0) is 18.4 Å². The number of hydrogen-bond donors (Lipinski definition) is 2. The van der Waals surface area contributed by atoms with Gasteiger partial charge in [-0.25, -0.2) is 0 Å². The molecule has 0 radical (unpaired) electrons. The van der Waals surface area contributed by atoms with Gasteiger partial charge < -0.3 is 19.8 Å². The SMILES string of the molecule is Cn1cc([C@@H](CC(N)=O)c2oc(CN3C[C@H]4C[C@@H](C3)c3cccc(=O)n3C4)cc(=O)c2O)cn1. The van der Waals surface area contributed by atoms with Gasteiger partial charge in [0.25, 0.3) is 5.56 Å². The molecule has 2 bridgehead atoms. The van der Waals surface area contributed by atoms with Crippen LogP contribution in [-0.2, 0) is 24.9 Å². The lowest BCUT2D eigenvalue weighted by molar-refractivity contribution is -0.118. The summed E-state index contributed by atoms with van der Waals surface area (Å²) in [6.45, 7) is 2.55. The molecule has 3 N–H and O–H groups in total. The first-order valence-electron chi connectivity index (χ1n) is 11.3. The highest BCUT2D eigenvalue weighted by molar-refractivity contribution is 5.75. The van der Waals surface area contributed by atoms with E-state index in [1.165, 1.54) is 6.07 Å². The Morgan fingerprint density at radius 2 is 2.12 bits per heavy atom. The highest BCUT2D eigenvalue weighted by atomic mass is 16.4. The molecule has 0 aromatic carbocycles. The number of pyridine rings is 1. The number of fused-ring (bicyclic) bond motifs is 4. The number of piperidine rings is 1. The van der Waals surface area contributed by atoms with E-state index in [0.29, 0.717) is 30.3 Å². The molecular weight excluding hydrogens is 438 g/mol. The van der Waals surface area contributed by atoms with Crippen LogP contribution in [-0.4, -0.2) is 43.4 Å². The van der Waals surface area contributed by atoms with Crippen molar-refractivity contribution in [2.24, 2.45) is 18.7 Å². The first-order valence-corrected chi connectivity index (χ1v) is 11.3. The monoisotopic (exact) mass is 465 g/mol. The van der Waals surface area contributed by atoms with Crippen molar-refractivity contribution in [3.8, 4) is 5.75 Å². The van der Waals surface area contributed by atoms with Gasteiger partial charge >= 0.3 is 0 Å². The first kappa shape index (κ1) is 22.1. The van der Waals surface area contributed by atoms with Crippen LogP contribution in [0, 0.1) is 5.92 Å². The number of carbonyl (C=O) groups excluding carboxylic acids is 1. The molecule has 0 unspecified atom stereocenters. The number of nitrogens with two attached hydrogens (primary N) is 1. The molecule has 34 heavy (non-hydrogen) atoms. The molecule has 5 heterocycles. The van der Waals surface area contributed by atoms with Crippen molar-refractivity contribution in [2.75, 3.05) is 13.1 Å². The van der Waals surface area contributed by atoms with Crippen LogP contribution < -0.4 is 16.7 Å². The summed E-state index contributed by atoms with van der Waals surface area (Å²) in [5, 5.41) is 14.6. The zero-order valence-corrected chi connectivity index (χ0v) is 18.9. The Bertz CT molecular complexity index is 1360. The van der Waals surface area contributed by atoms with E-state index in [-0.39, 0.29) is 23.7 Å². The summed E-state index contributed by atoms with van der Waals surface area (Å²) < 4.78 is 9.48. The van der Waals surface area contributed by atoms with Crippen LogP contribution in [0.3, 0.4) is 0 Å². The van der Waals surface area contributed by atoms with Crippen molar-refractivity contribution in [1.82, 2.24) is 19.2 Å². The van der Waals surface area contributed by atoms with E-state index in [1.807, 2.05) is 10.6 Å². The maximum atomic E-state index is 12.6. The Morgan fingerprint density at radius 1 is 1.29 bits per heavy atom. The summed E-state index contributed by atoms with van der Waals surface area (Å²) in [4.78, 5) is 38.9. The third-order valence-corrected chi connectivity index (χ3v) is 6.78. The predicted molar refractivity (Wildman–Crippen MR) is 122 cm³/mol. The zero-order chi connectivity index (χ0) is 24.0. The van der Waals surface area contributed by atoms with Crippen molar-refractivity contribution < 1.29 is 14.3 Å². The second-order valence-electron chi connectivity index (χ2n) is 9.35. The van der Waals surface area contributed by atoms with Gasteiger partial charge in [-0.2, -0.15) is 5.10 Å². The number of aryl methyl sites for hydroxylation is 1. The van der Waals surface area contributed by atoms with Crippen molar-refractivity contribution in [1.29, 1.82) is 0 Å². The maximum absolute atomic E-state index is 12.6. The number of likely N-dealkylation sites (tertiary alicyclic amines) is 1. The molecule has 1 fully saturated rings. The van der Waals surface area contributed by atoms with E-state index in [1.54, 1.807) is 36.3 Å². The van der Waals surface area contributed by atoms with Crippen LogP contribution in [0.2, 0.25) is 0 Å². The summed E-state index contributed by atoms with van der Waals surface area (Å²) in [5.74, 6) is -0.861. The minimum atomic E-state index is -0.724. The van der Waals surface area contributed by atoms with E-state index < -0.39 is 23.0 Å². The minimum absolute atomic E-state index is 0.0170. The highest BCUT2D eigenvalue weighted by Crippen LogP contribution is 2.36. The van der Waals surface area contributed by atoms with Crippen molar-refractivity contribution in [3.63, 3.8) is 0 Å². The molecule has 10 nitrogen and oxygen atoms in total. The molecule has 5 rings (SSSR count). The Hall–Kier alpha value is -3.66. The molecule has 0 saturated carbocycles. The number of nitrogens with zero attached hydrogens (tertiary/aromatic N) is 4. The van der Waals surface area contributed by atoms with Crippen molar-refractivity contribution >= 4 is 5.91 Å². The van der Waals surface area contributed by atoms with Crippen molar-refractivity contribution in [3.05, 3.63) is 80.0 Å². The average Bonchev–Trinajstić information content (AvgIpc) is 3.21. The second kappa shape index (κ2) is 8.60. The van der Waals surface area contributed by atoms with Crippen LogP contribution in [0.4, 0.5) is 0 Å². The molecule has 1 amide bonds. The molecule has 3 aromatic heterocycles. The lowest BCUT2D eigenvalue weighted by atomic mass is 9.83. The number of amides is 1. The van der Waals surface area contributed by atoms with E-state index in [2.05, 4.69) is 10.00 Å². The fraction of sp³-hybridized carbons (Fsp3) is 0.417. The number of hydrogen-bond acceptors (Lipinski definition) is 7. The first-order chi connectivity index (χ1) is 16.3. The molecule has 3 atom stereocenters. The maximum Gasteiger partial charge on any atom is 0.250 e. The summed E-state index contributed by atoms with van der Waals surface area (Å²) in [6.07, 6.45) is 4.15. The zero-order valence-electron chi connectivity index (χ0n) is 18.9. The summed E-state index contributed by atoms with van der Waals surface area (Å²) in [6, 6.07) is 6.70. The third kappa shape index (κ3) is 4.16. The van der Waals surface area contributed by atoms with Gasteiger partial charge in [0.1, 0.15) is 5.76 Å². The summed E-state index contributed by atoms with van der Waals surface area (Å²) in [7, 11) is 1.73. The van der Waals surface area contributed by atoms with Crippen LogP contribution in [0.1, 0.15) is 47.5 Å². The summed E-state index contributed by atoms with van der Waals surface area (Å²) >= 11 is 0. The van der Waals surface area contributed by atoms with E-state index in [9.17, 15) is 19.5 Å². The Balaban J connectivity index is 1.44. The smallest absolute Gasteiger partial charge is 0.250 e. The standard InChI is InChI=1S/C24H27N5O5/c1-27-11-16(8-26-27)18(7-21(25)31)24-23(33)20(30)6-17(34-24)13-28-9-14-5-15(12-28)19-3-2-4-22(32)29(19)10-14/h2-4,6,8,11,14-15,18,33H,5,7,9-10,12-13H2,1H3,(H2,25,31)/t14-,15+,18-/m1/s1. The van der Waals surface area contributed by atoms with Gasteiger partial charge in [0.15, 0.2) is 5.76 Å². The fourth-order valence-electron chi connectivity index (χ4n) is 5.40. The Morgan fingerprint density at radius 3 is 2.85 bits per heavy atom. The molecule has 0 spiro atoms. The van der Waals surface area contributed by atoms with Gasteiger partial charge in [-0.3, -0.25) is 24.0 Å². The van der Waals surface area contributed by atoms with E-state index >= 15 is 0 Å². The molecule has 3 aromatic rings. The number of carbonyl (C=O) groups is 1. The lowest BCUT2D eigenvalue weighted by Gasteiger charge is -2.42. The molecule has 2 aliphatic heterocycles. The van der Waals surface area contributed by atoms with E-state index in [4.69, 9.17) is 10.2 Å². The van der Waals surface area contributed by atoms with Crippen LogP contribution >= 0.6 is 0 Å². The van der Waals surface area contributed by atoms with Crippen LogP contribution in [0.25, 0.3) is 0 Å². The predicted octanol–water partition coefficient (Wildman–Crippen LogP) is 0.867. The summed E-state index contributed by atoms with van der Waals surface area (Å²) in [5.41, 5.74) is 6.58. The number of aromatic nitrogens is 3. The fourth-order valence-corrected chi connectivity index (χ4v) is 5.40. The van der Waals surface area contributed by atoms with Gasteiger partial charge in [0.05, 0.1) is 18.7 Å². The molecule has 2 aliphatic rings. The van der Waals surface area contributed by atoms with Crippen LogP contribution in [0.15, 0.2) is 50.7 Å². The Labute approximate surface area is 195 Å². The molecular formula is C24H27N5O5. The van der Waals surface area contributed by atoms with E-state index in [0.717, 1.165) is 25.2 Å². The average molecular weight is 466 g/mol. The number of rotatable bonds is 6. The largest absolute Gasteiger partial charge is 0.502 e. The number of aromatic hydroxyl groups is 1. The minimum Gasteiger partial charge on any atom is -0.502 e. The Kier molecular flexibility index (Phi) is 5.60. The van der Waals surface area contributed by atoms with Crippen LogP contribution in [0.5, 0.6) is 5.75 Å². The molecule has 10 heteroatoms. The number of primary amides is 1. The molecule has 178 valence electrons. The molecule has 0 aliphatic carbocycles. The van der Waals surface area contributed by atoms with Gasteiger partial charge in [-0.1, -0.05) is 6.07 Å². The quantitative estimate of drug-likeness (QED) is 0.551. The highest BCUT2D eigenvalue weighted by Gasteiger charge is 2.35. The van der Waals surface area contributed by atoms with Gasteiger partial charge in [-0.15, -0.1) is 0 Å². The van der Waals surface area contributed by atoms with Gasteiger partial charge in [0, 0.05) is 68.6 Å². The lowest BCUT2D eigenvalue weighted by Crippen LogP contribution is -2.46.